The van der Waals surface area contributed by atoms with E-state index in [9.17, 15) is 22.4 Å². The van der Waals surface area contributed by atoms with Crippen LogP contribution in [0.1, 0.15) is 38.3 Å². The number of nitrogens with zero attached hydrogens (tertiary/aromatic N) is 2. The number of hydrogen-bond donors (Lipinski definition) is 1. The quantitative estimate of drug-likeness (QED) is 0.345. The molecule has 0 saturated carbocycles. The summed E-state index contributed by atoms with van der Waals surface area (Å²) >= 11 is 0. The summed E-state index contributed by atoms with van der Waals surface area (Å²) in [5, 5.41) is 2.91. The molecule has 0 spiro atoms. The van der Waals surface area contributed by atoms with E-state index in [1.807, 2.05) is 52.0 Å². The molecule has 0 radical (unpaired) electrons. The third-order valence-electron chi connectivity index (χ3n) is 6.40. The van der Waals surface area contributed by atoms with Crippen molar-refractivity contribution in [1.82, 2.24) is 10.2 Å². The minimum absolute atomic E-state index is 0.00528. The molecular formula is C30H36FN3O4S. The fraction of sp³-hybridized carbons (Fsp3) is 0.333. The maximum Gasteiger partial charge on any atom is 0.264 e. The molecule has 1 atom stereocenters. The zero-order valence-electron chi connectivity index (χ0n) is 22.8. The van der Waals surface area contributed by atoms with E-state index < -0.39 is 34.3 Å². The van der Waals surface area contributed by atoms with Gasteiger partial charge in [-0.2, -0.15) is 0 Å². The molecule has 0 aromatic heterocycles. The van der Waals surface area contributed by atoms with E-state index >= 15 is 0 Å². The second kappa shape index (κ2) is 13.4. The number of benzene rings is 3. The van der Waals surface area contributed by atoms with E-state index in [0.29, 0.717) is 13.0 Å². The number of carbonyl (C=O) groups excluding carboxylic acids is 2. The lowest BCUT2D eigenvalue weighted by Gasteiger charge is -2.33. The molecule has 0 fully saturated rings. The second-order valence-electron chi connectivity index (χ2n) is 9.81. The molecule has 0 bridgehead atoms. The van der Waals surface area contributed by atoms with Crippen LogP contribution in [0.4, 0.5) is 10.1 Å². The highest BCUT2D eigenvalue weighted by atomic mass is 32.2. The van der Waals surface area contributed by atoms with Gasteiger partial charge in [-0.25, -0.2) is 12.8 Å². The molecule has 0 saturated heterocycles. The smallest absolute Gasteiger partial charge is 0.264 e. The zero-order valence-corrected chi connectivity index (χ0v) is 23.6. The Morgan fingerprint density at radius 3 is 2.13 bits per heavy atom. The topological polar surface area (TPSA) is 86.8 Å². The van der Waals surface area contributed by atoms with Gasteiger partial charge in [-0.05, 0) is 66.8 Å². The summed E-state index contributed by atoms with van der Waals surface area (Å²) in [4.78, 5) is 28.7. The van der Waals surface area contributed by atoms with Crippen molar-refractivity contribution >= 4 is 27.5 Å². The van der Waals surface area contributed by atoms with Crippen LogP contribution < -0.4 is 9.62 Å². The van der Waals surface area contributed by atoms with Crippen LogP contribution in [0.25, 0.3) is 0 Å². The summed E-state index contributed by atoms with van der Waals surface area (Å²) in [7, 11) is -4.19. The number of carbonyl (C=O) groups is 2. The van der Waals surface area contributed by atoms with E-state index in [0.717, 1.165) is 27.6 Å². The molecule has 0 aliphatic heterocycles. The Kier molecular flexibility index (Phi) is 10.2. The number of aryl methyl sites for hydroxylation is 1. The van der Waals surface area contributed by atoms with Crippen molar-refractivity contribution in [2.75, 3.05) is 17.4 Å². The Bertz CT molecular complexity index is 1360. The minimum Gasteiger partial charge on any atom is -0.354 e. The van der Waals surface area contributed by atoms with Gasteiger partial charge in [0.25, 0.3) is 10.0 Å². The first-order chi connectivity index (χ1) is 18.5. The fourth-order valence-corrected chi connectivity index (χ4v) is 5.60. The van der Waals surface area contributed by atoms with Gasteiger partial charge in [-0.3, -0.25) is 13.9 Å². The van der Waals surface area contributed by atoms with Crippen molar-refractivity contribution in [1.29, 1.82) is 0 Å². The van der Waals surface area contributed by atoms with Crippen LogP contribution in [0.15, 0.2) is 83.8 Å². The van der Waals surface area contributed by atoms with Crippen LogP contribution >= 0.6 is 0 Å². The molecule has 39 heavy (non-hydrogen) atoms. The van der Waals surface area contributed by atoms with Gasteiger partial charge in [0, 0.05) is 13.1 Å². The summed E-state index contributed by atoms with van der Waals surface area (Å²) in [6, 6.07) is 19.4. The van der Waals surface area contributed by atoms with Gasteiger partial charge in [0.2, 0.25) is 11.8 Å². The molecule has 0 aliphatic carbocycles. The van der Waals surface area contributed by atoms with Gasteiger partial charge >= 0.3 is 0 Å². The summed E-state index contributed by atoms with van der Waals surface area (Å²) in [6.45, 7) is 7.70. The predicted octanol–water partition coefficient (Wildman–Crippen LogP) is 4.91. The number of nitrogens with one attached hydrogen (secondary N) is 1. The fourth-order valence-electron chi connectivity index (χ4n) is 4.17. The number of sulfonamides is 1. The number of hydrogen-bond acceptors (Lipinski definition) is 4. The van der Waals surface area contributed by atoms with Crippen LogP contribution in [0.2, 0.25) is 0 Å². The number of rotatable bonds is 12. The lowest BCUT2D eigenvalue weighted by atomic mass is 10.1. The Labute approximate surface area is 230 Å². The molecule has 7 nitrogen and oxygen atoms in total. The molecule has 1 N–H and O–H groups in total. The van der Waals surface area contributed by atoms with Gasteiger partial charge in [0.05, 0.1) is 10.6 Å². The van der Waals surface area contributed by atoms with E-state index in [4.69, 9.17) is 0 Å². The van der Waals surface area contributed by atoms with Crippen LogP contribution in [-0.2, 0) is 26.2 Å². The molecular weight excluding hydrogens is 517 g/mol. The summed E-state index contributed by atoms with van der Waals surface area (Å²) in [6.07, 6.45) is 0.337. The van der Waals surface area contributed by atoms with Crippen LogP contribution in [0.3, 0.4) is 0 Å². The minimum atomic E-state index is -4.19. The van der Waals surface area contributed by atoms with E-state index in [2.05, 4.69) is 5.32 Å². The average molecular weight is 554 g/mol. The van der Waals surface area contributed by atoms with Crippen molar-refractivity contribution in [2.24, 2.45) is 5.92 Å². The Morgan fingerprint density at radius 1 is 0.923 bits per heavy atom. The van der Waals surface area contributed by atoms with Crippen molar-refractivity contribution in [3.8, 4) is 0 Å². The first-order valence-corrected chi connectivity index (χ1v) is 14.4. The zero-order chi connectivity index (χ0) is 28.6. The third-order valence-corrected chi connectivity index (χ3v) is 8.19. The monoisotopic (exact) mass is 553 g/mol. The Morgan fingerprint density at radius 2 is 1.54 bits per heavy atom. The first-order valence-electron chi connectivity index (χ1n) is 13.0. The largest absolute Gasteiger partial charge is 0.354 e. The number of amides is 2. The summed E-state index contributed by atoms with van der Waals surface area (Å²) in [5.74, 6) is -1.16. The summed E-state index contributed by atoms with van der Waals surface area (Å²) < 4.78 is 42.1. The van der Waals surface area contributed by atoms with Crippen molar-refractivity contribution in [3.05, 3.63) is 95.8 Å². The Balaban J connectivity index is 2.04. The molecule has 0 aliphatic rings. The van der Waals surface area contributed by atoms with Gasteiger partial charge in [0.1, 0.15) is 18.4 Å². The molecule has 3 aromatic rings. The van der Waals surface area contributed by atoms with E-state index in [1.165, 1.54) is 29.2 Å². The molecule has 3 aromatic carbocycles. The van der Waals surface area contributed by atoms with E-state index in [1.54, 1.807) is 18.2 Å². The number of anilines is 1. The van der Waals surface area contributed by atoms with E-state index in [-0.39, 0.29) is 29.0 Å². The Hall–Kier alpha value is -3.72. The maximum atomic E-state index is 14.0. The van der Waals surface area contributed by atoms with Gasteiger partial charge in [-0.15, -0.1) is 0 Å². The predicted molar refractivity (Wildman–Crippen MR) is 151 cm³/mol. The summed E-state index contributed by atoms with van der Waals surface area (Å²) in [5.41, 5.74) is 1.93. The molecule has 9 heteroatoms. The standard InChI is InChI=1S/C30H36FN3O4S/c1-5-28(30(36)32-19-22(2)3)33(20-24-12-10-9-11-23(24)4)29(35)21-34(26-17-15-25(31)16-18-26)39(37,38)27-13-7-6-8-14-27/h6-18,22,28H,5,19-21H2,1-4H3,(H,32,36)/t28-/m1/s1. The highest BCUT2D eigenvalue weighted by molar-refractivity contribution is 7.92. The van der Waals surface area contributed by atoms with Gasteiger partial charge in [-0.1, -0.05) is 63.2 Å². The van der Waals surface area contributed by atoms with Crippen LogP contribution in [0.5, 0.6) is 0 Å². The van der Waals surface area contributed by atoms with Crippen molar-refractivity contribution < 1.29 is 22.4 Å². The van der Waals surface area contributed by atoms with Gasteiger partial charge in [0.15, 0.2) is 0 Å². The molecule has 2 amide bonds. The lowest BCUT2D eigenvalue weighted by molar-refractivity contribution is -0.140. The first kappa shape index (κ1) is 29.8. The van der Waals surface area contributed by atoms with Crippen LogP contribution in [0, 0.1) is 18.7 Å². The normalized spacial score (nSPS) is 12.2. The molecule has 208 valence electrons. The highest BCUT2D eigenvalue weighted by Gasteiger charge is 2.33. The maximum absolute atomic E-state index is 14.0. The third kappa shape index (κ3) is 7.66. The van der Waals surface area contributed by atoms with Crippen LogP contribution in [-0.4, -0.2) is 44.3 Å². The van der Waals surface area contributed by atoms with Crippen molar-refractivity contribution in [3.63, 3.8) is 0 Å². The van der Waals surface area contributed by atoms with Gasteiger partial charge < -0.3 is 10.2 Å². The SMILES string of the molecule is CC[C@H](C(=O)NCC(C)C)N(Cc1ccccc1C)C(=O)CN(c1ccc(F)cc1)S(=O)(=O)c1ccccc1. The molecule has 3 rings (SSSR count). The number of halogens is 1. The second-order valence-corrected chi connectivity index (χ2v) is 11.7. The van der Waals surface area contributed by atoms with Crippen molar-refractivity contribution in [2.45, 2.75) is 51.6 Å². The average Bonchev–Trinajstić information content (AvgIpc) is 2.92. The molecule has 0 heterocycles. The molecule has 0 unspecified atom stereocenters. The highest BCUT2D eigenvalue weighted by Crippen LogP contribution is 2.25. The lowest BCUT2D eigenvalue weighted by Crippen LogP contribution is -2.52.